The molecule has 0 aromatic carbocycles. The zero-order chi connectivity index (χ0) is 11.4. The smallest absolute Gasteiger partial charge is 0.112 e. The molecule has 5 nitrogen and oxygen atoms in total. The zero-order valence-corrected chi connectivity index (χ0v) is 9.86. The highest BCUT2D eigenvalue weighted by molar-refractivity contribution is 7.09. The Kier molecular flexibility index (Phi) is 4.25. The minimum absolute atomic E-state index is 0.174. The molecule has 1 fully saturated rings. The maximum absolute atomic E-state index is 9.90. The molecule has 16 heavy (non-hydrogen) atoms. The summed E-state index contributed by atoms with van der Waals surface area (Å²) >= 11 is 1.52. The van der Waals surface area contributed by atoms with Crippen LogP contribution in [0.25, 0.3) is 0 Å². The molecule has 2 heterocycles. The predicted molar refractivity (Wildman–Crippen MR) is 62.4 cm³/mol. The van der Waals surface area contributed by atoms with Crippen molar-refractivity contribution in [3.05, 3.63) is 16.6 Å². The molecule has 1 aromatic heterocycles. The second-order valence-electron chi connectivity index (χ2n) is 3.85. The molecule has 0 radical (unpaired) electrons. The number of aliphatic hydroxyl groups excluding tert-OH is 2. The highest BCUT2D eigenvalue weighted by Gasteiger charge is 2.30. The summed E-state index contributed by atoms with van der Waals surface area (Å²) in [6.45, 7) is 3.36. The van der Waals surface area contributed by atoms with Crippen LogP contribution in [0.1, 0.15) is 11.0 Å². The number of hydrogen-bond donors (Lipinski definition) is 3. The van der Waals surface area contributed by atoms with Gasteiger partial charge in [0.25, 0.3) is 0 Å². The Bertz CT molecular complexity index is 301. The van der Waals surface area contributed by atoms with Crippen molar-refractivity contribution in [2.24, 2.45) is 0 Å². The SMILES string of the molecule is OCC(O)C(c1nccs1)N1CCNCC1. The molecule has 0 bridgehead atoms. The van der Waals surface area contributed by atoms with Gasteiger partial charge in [-0.05, 0) is 0 Å². The fraction of sp³-hybridized carbons (Fsp3) is 0.700. The summed E-state index contributed by atoms with van der Waals surface area (Å²) in [6.07, 6.45) is 0.975. The van der Waals surface area contributed by atoms with Gasteiger partial charge in [-0.3, -0.25) is 4.90 Å². The number of aliphatic hydroxyl groups is 2. The molecular formula is C10H17N3O2S. The lowest BCUT2D eigenvalue weighted by Gasteiger charge is -2.35. The molecule has 1 aliphatic heterocycles. The molecule has 0 amide bonds. The third-order valence-electron chi connectivity index (χ3n) is 2.80. The normalized spacial score (nSPS) is 21.9. The van der Waals surface area contributed by atoms with Gasteiger partial charge in [-0.25, -0.2) is 4.98 Å². The maximum atomic E-state index is 9.90. The van der Waals surface area contributed by atoms with E-state index in [1.165, 1.54) is 11.3 Å². The second kappa shape index (κ2) is 5.70. The van der Waals surface area contributed by atoms with Crippen molar-refractivity contribution in [1.82, 2.24) is 15.2 Å². The lowest BCUT2D eigenvalue weighted by atomic mass is 10.1. The largest absolute Gasteiger partial charge is 0.394 e. The summed E-state index contributed by atoms with van der Waals surface area (Å²) in [4.78, 5) is 6.42. The Morgan fingerprint density at radius 3 is 2.81 bits per heavy atom. The van der Waals surface area contributed by atoms with Gasteiger partial charge in [-0.2, -0.15) is 0 Å². The Morgan fingerprint density at radius 2 is 2.25 bits per heavy atom. The number of nitrogens with zero attached hydrogens (tertiary/aromatic N) is 2. The fourth-order valence-corrected chi connectivity index (χ4v) is 2.83. The van der Waals surface area contributed by atoms with E-state index in [0.29, 0.717) is 0 Å². The third kappa shape index (κ3) is 2.58. The van der Waals surface area contributed by atoms with Crippen molar-refractivity contribution in [1.29, 1.82) is 0 Å². The van der Waals surface area contributed by atoms with Gasteiger partial charge in [0.2, 0.25) is 0 Å². The van der Waals surface area contributed by atoms with Gasteiger partial charge in [-0.1, -0.05) is 0 Å². The molecule has 0 saturated carbocycles. The number of thiazole rings is 1. The number of rotatable bonds is 4. The highest BCUT2D eigenvalue weighted by atomic mass is 32.1. The summed E-state index contributed by atoms with van der Waals surface area (Å²) < 4.78 is 0. The van der Waals surface area contributed by atoms with Gasteiger partial charge in [0.05, 0.1) is 18.8 Å². The molecule has 2 rings (SSSR count). The summed E-state index contributed by atoms with van der Waals surface area (Å²) in [6, 6.07) is -0.174. The summed E-state index contributed by atoms with van der Waals surface area (Å²) in [5.41, 5.74) is 0. The zero-order valence-electron chi connectivity index (χ0n) is 9.04. The standard InChI is InChI=1S/C10H17N3O2S/c14-7-8(15)9(10-12-3-6-16-10)13-4-1-11-2-5-13/h3,6,8-9,11,14-15H,1-2,4-5,7H2. The van der Waals surface area contributed by atoms with E-state index in [1.54, 1.807) is 6.20 Å². The Morgan fingerprint density at radius 1 is 1.50 bits per heavy atom. The molecule has 0 aliphatic carbocycles. The van der Waals surface area contributed by atoms with Crippen LogP contribution in [-0.4, -0.2) is 59.0 Å². The van der Waals surface area contributed by atoms with Crippen LogP contribution in [0, 0.1) is 0 Å². The molecule has 2 atom stereocenters. The van der Waals surface area contributed by atoms with E-state index in [4.69, 9.17) is 5.11 Å². The van der Waals surface area contributed by atoms with E-state index in [1.807, 2.05) is 5.38 Å². The van der Waals surface area contributed by atoms with E-state index < -0.39 is 6.10 Å². The van der Waals surface area contributed by atoms with Crippen molar-refractivity contribution < 1.29 is 10.2 Å². The second-order valence-corrected chi connectivity index (χ2v) is 4.78. The van der Waals surface area contributed by atoms with E-state index in [9.17, 15) is 5.11 Å². The molecule has 90 valence electrons. The Hall–Kier alpha value is -0.530. The number of piperazine rings is 1. The van der Waals surface area contributed by atoms with Crippen LogP contribution in [-0.2, 0) is 0 Å². The number of aromatic nitrogens is 1. The topological polar surface area (TPSA) is 68.6 Å². The quantitative estimate of drug-likeness (QED) is 0.661. The van der Waals surface area contributed by atoms with E-state index in [0.717, 1.165) is 31.2 Å². The lowest BCUT2D eigenvalue weighted by Crippen LogP contribution is -2.48. The van der Waals surface area contributed by atoms with E-state index in [2.05, 4.69) is 15.2 Å². The first-order valence-electron chi connectivity index (χ1n) is 5.46. The molecule has 0 spiro atoms. The van der Waals surface area contributed by atoms with Gasteiger partial charge in [0, 0.05) is 37.8 Å². The summed E-state index contributed by atoms with van der Waals surface area (Å²) in [5.74, 6) is 0. The maximum Gasteiger partial charge on any atom is 0.112 e. The average molecular weight is 243 g/mol. The molecule has 1 aromatic rings. The summed E-state index contributed by atoms with van der Waals surface area (Å²) in [5, 5.41) is 25.1. The molecular weight excluding hydrogens is 226 g/mol. The van der Waals surface area contributed by atoms with Crippen molar-refractivity contribution in [3.63, 3.8) is 0 Å². The predicted octanol–water partition coefficient (Wildman–Crippen LogP) is -0.557. The number of hydrogen-bond acceptors (Lipinski definition) is 6. The van der Waals surface area contributed by atoms with Gasteiger partial charge in [0.15, 0.2) is 0 Å². The summed E-state index contributed by atoms with van der Waals surface area (Å²) in [7, 11) is 0. The lowest BCUT2D eigenvalue weighted by molar-refractivity contribution is 0.00507. The third-order valence-corrected chi connectivity index (χ3v) is 3.65. The average Bonchev–Trinajstić information content (AvgIpc) is 2.84. The van der Waals surface area contributed by atoms with Crippen LogP contribution in [0.3, 0.4) is 0 Å². The van der Waals surface area contributed by atoms with E-state index >= 15 is 0 Å². The van der Waals surface area contributed by atoms with Crippen molar-refractivity contribution in [3.8, 4) is 0 Å². The first-order chi connectivity index (χ1) is 7.83. The minimum Gasteiger partial charge on any atom is -0.394 e. The van der Waals surface area contributed by atoms with E-state index in [-0.39, 0.29) is 12.6 Å². The highest BCUT2D eigenvalue weighted by Crippen LogP contribution is 2.26. The first kappa shape index (κ1) is 11.9. The van der Waals surface area contributed by atoms with Crippen molar-refractivity contribution in [2.75, 3.05) is 32.8 Å². The van der Waals surface area contributed by atoms with Crippen molar-refractivity contribution in [2.45, 2.75) is 12.1 Å². The van der Waals surface area contributed by atoms with Crippen LogP contribution < -0.4 is 5.32 Å². The fourth-order valence-electron chi connectivity index (χ4n) is 2.00. The van der Waals surface area contributed by atoms with Crippen LogP contribution in [0.2, 0.25) is 0 Å². The molecule has 3 N–H and O–H groups in total. The molecule has 2 unspecified atom stereocenters. The van der Waals surface area contributed by atoms with Crippen LogP contribution in [0.15, 0.2) is 11.6 Å². The van der Waals surface area contributed by atoms with Gasteiger partial charge in [0.1, 0.15) is 5.01 Å². The van der Waals surface area contributed by atoms with Crippen LogP contribution >= 0.6 is 11.3 Å². The molecule has 1 saturated heterocycles. The van der Waals surface area contributed by atoms with Gasteiger partial charge < -0.3 is 15.5 Å². The van der Waals surface area contributed by atoms with Crippen LogP contribution in [0.4, 0.5) is 0 Å². The minimum atomic E-state index is -0.760. The Balaban J connectivity index is 2.13. The van der Waals surface area contributed by atoms with Gasteiger partial charge in [-0.15, -0.1) is 11.3 Å². The van der Waals surface area contributed by atoms with Crippen molar-refractivity contribution >= 4 is 11.3 Å². The van der Waals surface area contributed by atoms with Gasteiger partial charge >= 0.3 is 0 Å². The number of nitrogens with one attached hydrogen (secondary N) is 1. The first-order valence-corrected chi connectivity index (χ1v) is 6.34. The van der Waals surface area contributed by atoms with Crippen LogP contribution in [0.5, 0.6) is 0 Å². The Labute approximate surface area is 98.7 Å². The molecule has 6 heteroatoms. The monoisotopic (exact) mass is 243 g/mol. The molecule has 1 aliphatic rings.